The Hall–Kier alpha value is -2.33. The van der Waals surface area contributed by atoms with E-state index in [1.807, 2.05) is 91.0 Å². The summed E-state index contributed by atoms with van der Waals surface area (Å²) in [6.07, 6.45) is 0. The number of benzene rings is 3. The molecule has 3 aromatic carbocycles. The molecule has 1 N–H and O–H groups in total. The summed E-state index contributed by atoms with van der Waals surface area (Å²) in [4.78, 5) is 12.0. The van der Waals surface area contributed by atoms with Gasteiger partial charge in [-0.15, -0.1) is 0 Å². The first-order valence-electron chi connectivity index (χ1n) is 7.41. The van der Waals surface area contributed by atoms with Crippen molar-refractivity contribution >= 4 is 41.0 Å². The van der Waals surface area contributed by atoms with Crippen LogP contribution >= 0.6 is 0 Å². The summed E-state index contributed by atoms with van der Waals surface area (Å²) in [6, 6.07) is 28.5. The largest absolute Gasteiger partial charge is 0.478 e. The third-order valence-corrected chi connectivity index (χ3v) is 3.65. The molecule has 0 fully saturated rings. The Morgan fingerprint density at radius 1 is 0.583 bits per heavy atom. The first-order valence-corrected chi connectivity index (χ1v) is 7.41. The molecule has 2 nitrogen and oxygen atoms in total. The minimum Gasteiger partial charge on any atom is -0.478 e. The molecule has 3 rings (SSSR count). The number of carboxylic acids is 1. The quantitative estimate of drug-likeness (QED) is 0.388. The minimum absolute atomic E-state index is 0. The van der Waals surface area contributed by atoms with Gasteiger partial charge in [0.05, 0.1) is 5.57 Å². The van der Waals surface area contributed by atoms with E-state index in [1.165, 1.54) is 0 Å². The number of aliphatic carboxylic acids is 1. The Morgan fingerprint density at radius 3 is 1.25 bits per heavy atom. The number of rotatable bonds is 4. The Labute approximate surface area is 158 Å². The number of carboxylic acid groups (broad SMARTS) is 1. The maximum Gasteiger partial charge on any atom is 0.336 e. The van der Waals surface area contributed by atoms with Crippen molar-refractivity contribution < 1.29 is 9.90 Å². The smallest absolute Gasteiger partial charge is 0.336 e. The zero-order chi connectivity index (χ0) is 16.1. The molecule has 0 aliphatic heterocycles. The fourth-order valence-electron chi connectivity index (χ4n) is 2.64. The minimum atomic E-state index is -0.932. The Morgan fingerprint density at radius 2 is 0.917 bits per heavy atom. The normalized spacial score (nSPS) is 9.67. The molecule has 0 saturated carbocycles. The first kappa shape index (κ1) is 18.0. The van der Waals surface area contributed by atoms with Gasteiger partial charge in [0.25, 0.3) is 0 Å². The van der Waals surface area contributed by atoms with Gasteiger partial charge in [0, 0.05) is 29.5 Å². The van der Waals surface area contributed by atoms with Crippen LogP contribution in [0.5, 0.6) is 0 Å². The van der Waals surface area contributed by atoms with E-state index in [9.17, 15) is 9.90 Å². The van der Waals surface area contributed by atoms with Crippen molar-refractivity contribution in [2.24, 2.45) is 0 Å². The first-order chi connectivity index (χ1) is 11.3. The summed E-state index contributed by atoms with van der Waals surface area (Å²) >= 11 is 0. The Balaban J connectivity index is 0.00000208. The topological polar surface area (TPSA) is 37.3 Å². The molecular formula is C21H16O2Sn. The molecule has 0 saturated heterocycles. The molecule has 116 valence electrons. The summed E-state index contributed by atoms with van der Waals surface area (Å²) < 4.78 is 0. The standard InChI is InChI=1S/C21H16O2.Sn/c22-21(23)20(18-14-8-3-9-15-18)19(16-10-4-1-5-11-16)17-12-6-2-7-13-17;/h1-15H,(H,22,23);. The Bertz CT molecular complexity index is 784. The average molecular weight is 419 g/mol. The van der Waals surface area contributed by atoms with E-state index in [4.69, 9.17) is 0 Å². The van der Waals surface area contributed by atoms with Crippen LogP contribution in [-0.4, -0.2) is 35.0 Å². The monoisotopic (exact) mass is 420 g/mol. The van der Waals surface area contributed by atoms with Crippen LogP contribution in [0.15, 0.2) is 91.0 Å². The Kier molecular flexibility index (Phi) is 6.38. The van der Waals surface area contributed by atoms with Crippen LogP contribution in [0.3, 0.4) is 0 Å². The van der Waals surface area contributed by atoms with E-state index in [-0.39, 0.29) is 23.9 Å². The molecule has 4 radical (unpaired) electrons. The van der Waals surface area contributed by atoms with Crippen LogP contribution in [0.2, 0.25) is 0 Å². The van der Waals surface area contributed by atoms with E-state index in [2.05, 4.69) is 0 Å². The van der Waals surface area contributed by atoms with Gasteiger partial charge in [-0.05, 0) is 16.7 Å². The molecule has 0 unspecified atom stereocenters. The molecule has 0 spiro atoms. The van der Waals surface area contributed by atoms with Gasteiger partial charge >= 0.3 is 5.97 Å². The second-order valence-corrected chi connectivity index (χ2v) is 5.15. The number of carbonyl (C=O) groups is 1. The molecule has 24 heavy (non-hydrogen) atoms. The van der Waals surface area contributed by atoms with Crippen LogP contribution < -0.4 is 0 Å². The van der Waals surface area contributed by atoms with Crippen molar-refractivity contribution in [3.05, 3.63) is 108 Å². The van der Waals surface area contributed by atoms with E-state index in [1.54, 1.807) is 0 Å². The van der Waals surface area contributed by atoms with E-state index >= 15 is 0 Å². The summed E-state index contributed by atoms with van der Waals surface area (Å²) in [5.41, 5.74) is 3.51. The molecule has 0 aliphatic carbocycles. The molecule has 3 heteroatoms. The molecular weight excluding hydrogens is 403 g/mol. The number of hydrogen-bond acceptors (Lipinski definition) is 1. The van der Waals surface area contributed by atoms with E-state index in [0.717, 1.165) is 16.7 Å². The van der Waals surface area contributed by atoms with Crippen molar-refractivity contribution in [1.82, 2.24) is 0 Å². The van der Waals surface area contributed by atoms with Crippen LogP contribution in [0.4, 0.5) is 0 Å². The zero-order valence-corrected chi connectivity index (χ0v) is 15.9. The van der Waals surface area contributed by atoms with Crippen LogP contribution in [0.25, 0.3) is 11.1 Å². The predicted octanol–water partition coefficient (Wildman–Crippen LogP) is 4.35. The maximum absolute atomic E-state index is 12.0. The van der Waals surface area contributed by atoms with Gasteiger partial charge in [0.2, 0.25) is 0 Å². The maximum atomic E-state index is 12.0. The van der Waals surface area contributed by atoms with Gasteiger partial charge in [-0.3, -0.25) is 0 Å². The summed E-state index contributed by atoms with van der Waals surface area (Å²) in [6.45, 7) is 0. The third kappa shape index (κ3) is 3.95. The zero-order valence-electron chi connectivity index (χ0n) is 13.0. The van der Waals surface area contributed by atoms with Crippen molar-refractivity contribution in [3.63, 3.8) is 0 Å². The van der Waals surface area contributed by atoms with Gasteiger partial charge in [-0.1, -0.05) is 91.0 Å². The second-order valence-electron chi connectivity index (χ2n) is 5.15. The molecule has 0 amide bonds. The van der Waals surface area contributed by atoms with Crippen molar-refractivity contribution in [2.45, 2.75) is 0 Å². The van der Waals surface area contributed by atoms with E-state index in [0.29, 0.717) is 11.1 Å². The van der Waals surface area contributed by atoms with Crippen molar-refractivity contribution in [3.8, 4) is 0 Å². The van der Waals surface area contributed by atoms with Gasteiger partial charge in [0.15, 0.2) is 0 Å². The van der Waals surface area contributed by atoms with E-state index < -0.39 is 5.97 Å². The van der Waals surface area contributed by atoms with Crippen molar-refractivity contribution in [2.75, 3.05) is 0 Å². The molecule has 0 atom stereocenters. The summed E-state index contributed by atoms with van der Waals surface area (Å²) in [5, 5.41) is 9.86. The SMILES string of the molecule is O=C(O)C(=C(c1ccccc1)c1ccccc1)c1ccccc1.[Sn]. The van der Waals surface area contributed by atoms with Crippen LogP contribution in [0, 0.1) is 0 Å². The molecule has 0 heterocycles. The number of hydrogen-bond donors (Lipinski definition) is 1. The van der Waals surface area contributed by atoms with Gasteiger partial charge in [-0.25, -0.2) is 4.79 Å². The fourth-order valence-corrected chi connectivity index (χ4v) is 2.64. The molecule has 0 aromatic heterocycles. The third-order valence-electron chi connectivity index (χ3n) is 3.65. The summed E-state index contributed by atoms with van der Waals surface area (Å²) in [5.74, 6) is -0.932. The van der Waals surface area contributed by atoms with Gasteiger partial charge < -0.3 is 5.11 Å². The summed E-state index contributed by atoms with van der Waals surface area (Å²) in [7, 11) is 0. The van der Waals surface area contributed by atoms with Crippen molar-refractivity contribution in [1.29, 1.82) is 0 Å². The second kappa shape index (κ2) is 8.50. The fraction of sp³-hybridized carbons (Fsp3) is 0. The molecule has 0 bridgehead atoms. The van der Waals surface area contributed by atoms with Gasteiger partial charge in [0.1, 0.15) is 0 Å². The molecule has 3 aromatic rings. The van der Waals surface area contributed by atoms with Crippen LogP contribution in [0.1, 0.15) is 16.7 Å². The molecule has 0 aliphatic rings. The van der Waals surface area contributed by atoms with Crippen LogP contribution in [-0.2, 0) is 4.79 Å². The van der Waals surface area contributed by atoms with Gasteiger partial charge in [-0.2, -0.15) is 0 Å². The predicted molar refractivity (Wildman–Crippen MR) is 98.6 cm³/mol. The average Bonchev–Trinajstić information content (AvgIpc) is 2.61.